The van der Waals surface area contributed by atoms with E-state index in [1.807, 2.05) is 0 Å². The average molecular weight is 367 g/mol. The highest BCUT2D eigenvalue weighted by Gasteiger charge is 2.23. The second kappa shape index (κ2) is 7.55. The zero-order chi connectivity index (χ0) is 19.0. The molecule has 1 atom stereocenters. The van der Waals surface area contributed by atoms with E-state index >= 15 is 0 Å². The Morgan fingerprint density at radius 1 is 0.778 bits per heavy atom. The van der Waals surface area contributed by atoms with Gasteiger partial charge in [0.15, 0.2) is 0 Å². The van der Waals surface area contributed by atoms with Crippen molar-refractivity contribution in [3.63, 3.8) is 0 Å². The summed E-state index contributed by atoms with van der Waals surface area (Å²) in [7, 11) is 0. The van der Waals surface area contributed by atoms with Crippen molar-refractivity contribution in [3.8, 4) is 11.5 Å². The van der Waals surface area contributed by atoms with Crippen LogP contribution < -0.4 is 9.47 Å². The molecule has 1 aliphatic heterocycles. The van der Waals surface area contributed by atoms with E-state index in [-0.39, 0.29) is 6.10 Å². The molecule has 1 saturated heterocycles. The van der Waals surface area contributed by atoms with Crippen LogP contribution in [0.4, 0.5) is 0 Å². The molecule has 3 nitrogen and oxygen atoms in total. The minimum absolute atomic E-state index is 0.288. The van der Waals surface area contributed by atoms with E-state index in [9.17, 15) is 0 Å². The van der Waals surface area contributed by atoms with Crippen molar-refractivity contribution in [2.75, 3.05) is 19.8 Å². The van der Waals surface area contributed by atoms with Crippen LogP contribution in [-0.4, -0.2) is 25.9 Å². The fourth-order valence-electron chi connectivity index (χ4n) is 3.66. The van der Waals surface area contributed by atoms with Gasteiger partial charge in [0.1, 0.15) is 24.2 Å². The monoisotopic (exact) mass is 366 g/mol. The Bertz CT molecular complexity index is 716. The highest BCUT2D eigenvalue weighted by atomic mass is 16.6. The van der Waals surface area contributed by atoms with Gasteiger partial charge in [0.25, 0.3) is 0 Å². The molecule has 1 aliphatic carbocycles. The van der Waals surface area contributed by atoms with Gasteiger partial charge in [-0.25, -0.2) is 0 Å². The first-order chi connectivity index (χ1) is 13.0. The van der Waals surface area contributed by atoms with Crippen LogP contribution in [0.2, 0.25) is 0 Å². The van der Waals surface area contributed by atoms with Crippen LogP contribution in [0.1, 0.15) is 46.2 Å². The molecule has 0 amide bonds. The molecule has 3 heteroatoms. The zero-order valence-corrected chi connectivity index (χ0v) is 16.9. The van der Waals surface area contributed by atoms with Crippen molar-refractivity contribution < 1.29 is 14.2 Å². The molecular formula is C24H30O3. The number of hydrogen-bond donors (Lipinski definition) is 0. The fourth-order valence-corrected chi connectivity index (χ4v) is 3.66. The predicted octanol–water partition coefficient (Wildman–Crippen LogP) is 5.08. The standard InChI is InChI=1S/C24H30O3/c1-15-7-20(25-12-19-5-6-19)8-16(2)23(15)11-24-17(3)9-21(10-18(24)4)26-13-22-14-27-22/h7-10,19,22H,5-6,11-14H2,1-4H3. The lowest BCUT2D eigenvalue weighted by molar-refractivity contribution is 0.263. The number of hydrogen-bond acceptors (Lipinski definition) is 3. The van der Waals surface area contributed by atoms with Crippen LogP contribution in [-0.2, 0) is 11.2 Å². The molecule has 2 fully saturated rings. The molecule has 0 N–H and O–H groups in total. The van der Waals surface area contributed by atoms with Crippen LogP contribution in [0.5, 0.6) is 11.5 Å². The van der Waals surface area contributed by atoms with Gasteiger partial charge in [-0.2, -0.15) is 0 Å². The fraction of sp³-hybridized carbons (Fsp3) is 0.500. The van der Waals surface area contributed by atoms with E-state index in [4.69, 9.17) is 14.2 Å². The van der Waals surface area contributed by atoms with E-state index in [1.54, 1.807) is 0 Å². The Kier molecular flexibility index (Phi) is 5.14. The summed E-state index contributed by atoms with van der Waals surface area (Å²) >= 11 is 0. The average Bonchev–Trinajstić information content (AvgIpc) is 3.51. The Morgan fingerprint density at radius 3 is 1.63 bits per heavy atom. The first kappa shape index (κ1) is 18.4. The molecule has 1 unspecified atom stereocenters. The summed E-state index contributed by atoms with van der Waals surface area (Å²) in [6, 6.07) is 8.70. The van der Waals surface area contributed by atoms with Crippen LogP contribution in [0, 0.1) is 33.6 Å². The molecule has 4 rings (SSSR count). The normalized spacial score (nSPS) is 18.4. The first-order valence-electron chi connectivity index (χ1n) is 10.1. The van der Waals surface area contributed by atoms with Crippen LogP contribution in [0.25, 0.3) is 0 Å². The van der Waals surface area contributed by atoms with Gasteiger partial charge >= 0.3 is 0 Å². The molecule has 1 saturated carbocycles. The maximum Gasteiger partial charge on any atom is 0.119 e. The van der Waals surface area contributed by atoms with Gasteiger partial charge in [-0.3, -0.25) is 0 Å². The number of benzene rings is 2. The minimum atomic E-state index is 0.288. The third kappa shape index (κ3) is 4.65. The van der Waals surface area contributed by atoms with E-state index in [0.29, 0.717) is 6.61 Å². The molecule has 1 heterocycles. The van der Waals surface area contributed by atoms with Crippen molar-refractivity contribution in [1.82, 2.24) is 0 Å². The molecule has 0 aromatic heterocycles. The maximum absolute atomic E-state index is 5.98. The summed E-state index contributed by atoms with van der Waals surface area (Å²) in [5, 5.41) is 0. The summed E-state index contributed by atoms with van der Waals surface area (Å²) in [5.41, 5.74) is 7.99. The molecule has 27 heavy (non-hydrogen) atoms. The largest absolute Gasteiger partial charge is 0.493 e. The summed E-state index contributed by atoms with van der Waals surface area (Å²) in [6.07, 6.45) is 3.88. The molecule has 0 radical (unpaired) electrons. The Balaban J connectivity index is 1.50. The Hall–Kier alpha value is -2.00. The van der Waals surface area contributed by atoms with Crippen molar-refractivity contribution >= 4 is 0 Å². The smallest absolute Gasteiger partial charge is 0.119 e. The summed E-state index contributed by atoms with van der Waals surface area (Å²) in [4.78, 5) is 0. The summed E-state index contributed by atoms with van der Waals surface area (Å²) in [5.74, 6) is 2.74. The van der Waals surface area contributed by atoms with Crippen molar-refractivity contribution in [3.05, 3.63) is 57.6 Å². The van der Waals surface area contributed by atoms with Gasteiger partial charge in [0.2, 0.25) is 0 Å². The van der Waals surface area contributed by atoms with Gasteiger partial charge in [0, 0.05) is 0 Å². The van der Waals surface area contributed by atoms with Crippen molar-refractivity contribution in [2.45, 2.75) is 53.1 Å². The number of aryl methyl sites for hydroxylation is 4. The minimum Gasteiger partial charge on any atom is -0.493 e. The van der Waals surface area contributed by atoms with Gasteiger partial charge in [0.05, 0.1) is 13.2 Å². The van der Waals surface area contributed by atoms with Gasteiger partial charge in [-0.1, -0.05) is 0 Å². The molecule has 0 bridgehead atoms. The lowest BCUT2D eigenvalue weighted by atomic mass is 9.91. The highest BCUT2D eigenvalue weighted by Crippen LogP contribution is 2.32. The maximum atomic E-state index is 5.98. The SMILES string of the molecule is Cc1cc(OCC2CC2)cc(C)c1Cc1c(C)cc(OCC2CO2)cc1C. The molecule has 2 aliphatic rings. The zero-order valence-electron chi connectivity index (χ0n) is 16.9. The third-order valence-corrected chi connectivity index (χ3v) is 5.71. The number of epoxide rings is 1. The lowest BCUT2D eigenvalue weighted by Crippen LogP contribution is -2.06. The lowest BCUT2D eigenvalue weighted by Gasteiger charge is -2.17. The van der Waals surface area contributed by atoms with Crippen molar-refractivity contribution in [2.24, 2.45) is 5.92 Å². The van der Waals surface area contributed by atoms with E-state index < -0.39 is 0 Å². The van der Waals surface area contributed by atoms with E-state index in [2.05, 4.69) is 52.0 Å². The number of ether oxygens (including phenoxy) is 3. The summed E-state index contributed by atoms with van der Waals surface area (Å²) in [6.45, 7) is 11.1. The second-order valence-electron chi connectivity index (χ2n) is 8.27. The Labute approximate surface area is 162 Å². The van der Waals surface area contributed by atoms with Crippen LogP contribution in [0.3, 0.4) is 0 Å². The quantitative estimate of drug-likeness (QED) is 0.611. The van der Waals surface area contributed by atoms with E-state index in [0.717, 1.165) is 37.1 Å². The second-order valence-corrected chi connectivity index (χ2v) is 8.27. The number of rotatable bonds is 8. The highest BCUT2D eigenvalue weighted by molar-refractivity contribution is 5.48. The predicted molar refractivity (Wildman–Crippen MR) is 108 cm³/mol. The first-order valence-corrected chi connectivity index (χ1v) is 10.1. The molecule has 144 valence electrons. The summed E-state index contributed by atoms with van der Waals surface area (Å²) < 4.78 is 17.1. The van der Waals surface area contributed by atoms with Crippen LogP contribution in [0.15, 0.2) is 24.3 Å². The molecular weight excluding hydrogens is 336 g/mol. The Morgan fingerprint density at radius 2 is 1.22 bits per heavy atom. The molecule has 0 spiro atoms. The third-order valence-electron chi connectivity index (χ3n) is 5.71. The van der Waals surface area contributed by atoms with Gasteiger partial charge in [-0.15, -0.1) is 0 Å². The van der Waals surface area contributed by atoms with Crippen molar-refractivity contribution in [1.29, 1.82) is 0 Å². The van der Waals surface area contributed by atoms with Gasteiger partial charge in [-0.05, 0) is 111 Å². The topological polar surface area (TPSA) is 31.0 Å². The molecule has 2 aromatic rings. The van der Waals surface area contributed by atoms with Crippen LogP contribution >= 0.6 is 0 Å². The molecule has 2 aromatic carbocycles. The van der Waals surface area contributed by atoms with Gasteiger partial charge < -0.3 is 14.2 Å². The van der Waals surface area contributed by atoms with E-state index in [1.165, 1.54) is 46.2 Å².